The van der Waals surface area contributed by atoms with Crippen LogP contribution >= 0.6 is 0 Å². The fourth-order valence-corrected chi connectivity index (χ4v) is 2.54. The van der Waals surface area contributed by atoms with Gasteiger partial charge in [0.25, 0.3) is 0 Å². The van der Waals surface area contributed by atoms with Crippen LogP contribution in [0.1, 0.15) is 33.1 Å². The number of carbonyl (C=O) groups is 1. The third kappa shape index (κ3) is 3.96. The molecule has 1 aliphatic rings. The van der Waals surface area contributed by atoms with E-state index in [0.717, 1.165) is 38.9 Å². The van der Waals surface area contributed by atoms with Crippen molar-refractivity contribution < 1.29 is 4.79 Å². The summed E-state index contributed by atoms with van der Waals surface area (Å²) < 4.78 is 0. The maximum absolute atomic E-state index is 12.4. The first-order valence-electron chi connectivity index (χ1n) is 6.79. The first-order chi connectivity index (χ1) is 8.10. The summed E-state index contributed by atoms with van der Waals surface area (Å²) in [5.74, 6) is 0.357. The molecule has 0 radical (unpaired) electrons. The van der Waals surface area contributed by atoms with Gasteiger partial charge in [-0.2, -0.15) is 0 Å². The Labute approximate surface area is 105 Å². The summed E-state index contributed by atoms with van der Waals surface area (Å²) in [6.07, 6.45) is 2.90. The van der Waals surface area contributed by atoms with Crippen LogP contribution in [0.2, 0.25) is 0 Å². The predicted octanol–water partition coefficient (Wildman–Crippen LogP) is 0.914. The lowest BCUT2D eigenvalue weighted by Gasteiger charge is -2.32. The lowest BCUT2D eigenvalue weighted by molar-refractivity contribution is -0.137. The van der Waals surface area contributed by atoms with Crippen LogP contribution in [-0.2, 0) is 4.79 Å². The van der Waals surface area contributed by atoms with E-state index in [1.165, 1.54) is 0 Å². The van der Waals surface area contributed by atoms with Gasteiger partial charge in [-0.15, -0.1) is 0 Å². The van der Waals surface area contributed by atoms with Crippen molar-refractivity contribution in [1.29, 1.82) is 0 Å². The number of likely N-dealkylation sites (N-methyl/N-ethyl adjacent to an activating group) is 1. The van der Waals surface area contributed by atoms with Crippen molar-refractivity contribution in [2.45, 2.75) is 39.2 Å². The number of hydrogen-bond acceptors (Lipinski definition) is 3. The Bertz CT molecular complexity index is 245. The van der Waals surface area contributed by atoms with Crippen molar-refractivity contribution in [2.24, 2.45) is 11.7 Å². The highest BCUT2D eigenvalue weighted by Gasteiger charge is 2.28. The lowest BCUT2D eigenvalue weighted by Crippen LogP contribution is -2.45. The molecule has 1 amide bonds. The van der Waals surface area contributed by atoms with Gasteiger partial charge in [-0.25, -0.2) is 0 Å². The number of rotatable bonds is 4. The Balaban J connectivity index is 2.67. The normalized spacial score (nSPS) is 24.5. The molecule has 1 fully saturated rings. The molecular formula is C13H27N3O. The van der Waals surface area contributed by atoms with Gasteiger partial charge in [-0.05, 0) is 39.4 Å². The standard InChI is InChI=1S/C13H27N3O/c1-4-12-10-15(3)8-5-9-16(12)13(17)11(2)6-7-14/h11-12H,4-10,14H2,1-3H3. The molecule has 0 aromatic heterocycles. The third-order valence-corrected chi connectivity index (χ3v) is 3.68. The smallest absolute Gasteiger partial charge is 0.225 e. The van der Waals surface area contributed by atoms with Gasteiger partial charge >= 0.3 is 0 Å². The van der Waals surface area contributed by atoms with E-state index < -0.39 is 0 Å². The number of amides is 1. The largest absolute Gasteiger partial charge is 0.338 e. The zero-order valence-corrected chi connectivity index (χ0v) is 11.5. The molecule has 0 saturated carbocycles. The Kier molecular flexibility index (Phi) is 5.92. The average molecular weight is 241 g/mol. The van der Waals surface area contributed by atoms with Gasteiger partial charge in [0.2, 0.25) is 5.91 Å². The van der Waals surface area contributed by atoms with Crippen molar-refractivity contribution in [1.82, 2.24) is 9.80 Å². The second kappa shape index (κ2) is 6.97. The quantitative estimate of drug-likeness (QED) is 0.796. The van der Waals surface area contributed by atoms with Crippen LogP contribution in [0.4, 0.5) is 0 Å². The van der Waals surface area contributed by atoms with Crippen LogP contribution in [0.3, 0.4) is 0 Å². The van der Waals surface area contributed by atoms with Crippen LogP contribution in [0.15, 0.2) is 0 Å². The van der Waals surface area contributed by atoms with E-state index in [1.807, 2.05) is 6.92 Å². The monoisotopic (exact) mass is 241 g/mol. The van der Waals surface area contributed by atoms with Gasteiger partial charge < -0.3 is 15.5 Å². The van der Waals surface area contributed by atoms with Crippen molar-refractivity contribution >= 4 is 5.91 Å². The van der Waals surface area contributed by atoms with Gasteiger partial charge in [0.15, 0.2) is 0 Å². The Morgan fingerprint density at radius 2 is 2.18 bits per heavy atom. The minimum absolute atomic E-state index is 0.0671. The molecule has 1 aliphatic heterocycles. The van der Waals surface area contributed by atoms with Crippen LogP contribution in [-0.4, -0.2) is 55.0 Å². The van der Waals surface area contributed by atoms with Gasteiger partial charge in [0.05, 0.1) is 0 Å². The first kappa shape index (κ1) is 14.5. The van der Waals surface area contributed by atoms with E-state index in [0.29, 0.717) is 12.6 Å². The van der Waals surface area contributed by atoms with E-state index in [2.05, 4.69) is 23.8 Å². The van der Waals surface area contributed by atoms with E-state index in [1.54, 1.807) is 0 Å². The van der Waals surface area contributed by atoms with E-state index in [-0.39, 0.29) is 11.8 Å². The fourth-order valence-electron chi connectivity index (χ4n) is 2.54. The molecule has 0 aliphatic carbocycles. The Morgan fingerprint density at radius 3 is 2.76 bits per heavy atom. The molecule has 0 aromatic carbocycles. The lowest BCUT2D eigenvalue weighted by atomic mass is 10.0. The first-order valence-corrected chi connectivity index (χ1v) is 6.79. The van der Waals surface area contributed by atoms with Crippen LogP contribution in [0.25, 0.3) is 0 Å². The molecule has 100 valence electrons. The van der Waals surface area contributed by atoms with Gasteiger partial charge in [0.1, 0.15) is 0 Å². The SMILES string of the molecule is CCC1CN(C)CCCN1C(=O)C(C)CCN. The molecule has 0 spiro atoms. The summed E-state index contributed by atoms with van der Waals surface area (Å²) in [7, 11) is 2.14. The summed E-state index contributed by atoms with van der Waals surface area (Å²) in [6.45, 7) is 7.74. The Hall–Kier alpha value is -0.610. The molecule has 4 nitrogen and oxygen atoms in total. The summed E-state index contributed by atoms with van der Waals surface area (Å²) in [6, 6.07) is 0.371. The van der Waals surface area contributed by atoms with E-state index in [4.69, 9.17) is 5.73 Å². The summed E-state index contributed by atoms with van der Waals surface area (Å²) >= 11 is 0. The summed E-state index contributed by atoms with van der Waals surface area (Å²) in [5, 5.41) is 0. The fraction of sp³-hybridized carbons (Fsp3) is 0.923. The summed E-state index contributed by atoms with van der Waals surface area (Å²) in [5.41, 5.74) is 5.54. The van der Waals surface area contributed by atoms with Crippen LogP contribution < -0.4 is 5.73 Å². The highest BCUT2D eigenvalue weighted by atomic mass is 16.2. The number of nitrogens with zero attached hydrogens (tertiary/aromatic N) is 2. The minimum Gasteiger partial charge on any atom is -0.338 e. The third-order valence-electron chi connectivity index (χ3n) is 3.68. The number of nitrogens with two attached hydrogens (primary N) is 1. The highest BCUT2D eigenvalue weighted by Crippen LogP contribution is 2.16. The van der Waals surface area contributed by atoms with Gasteiger partial charge in [0, 0.05) is 25.0 Å². The molecule has 0 bridgehead atoms. The molecule has 1 saturated heterocycles. The van der Waals surface area contributed by atoms with Crippen molar-refractivity contribution in [3.8, 4) is 0 Å². The zero-order valence-electron chi connectivity index (χ0n) is 11.5. The molecule has 0 aromatic rings. The molecule has 4 heteroatoms. The number of carbonyl (C=O) groups excluding carboxylic acids is 1. The summed E-state index contributed by atoms with van der Waals surface area (Å²) in [4.78, 5) is 16.8. The Morgan fingerprint density at radius 1 is 1.47 bits per heavy atom. The molecule has 2 atom stereocenters. The minimum atomic E-state index is 0.0671. The van der Waals surface area contributed by atoms with Crippen molar-refractivity contribution in [2.75, 3.05) is 33.2 Å². The molecular weight excluding hydrogens is 214 g/mol. The second-order valence-electron chi connectivity index (χ2n) is 5.19. The van der Waals surface area contributed by atoms with Gasteiger partial charge in [-0.3, -0.25) is 4.79 Å². The van der Waals surface area contributed by atoms with E-state index in [9.17, 15) is 4.79 Å². The van der Waals surface area contributed by atoms with Crippen molar-refractivity contribution in [3.63, 3.8) is 0 Å². The van der Waals surface area contributed by atoms with Crippen molar-refractivity contribution in [3.05, 3.63) is 0 Å². The molecule has 1 rings (SSSR count). The molecule has 2 N–H and O–H groups in total. The maximum atomic E-state index is 12.4. The topological polar surface area (TPSA) is 49.6 Å². The van der Waals surface area contributed by atoms with Crippen LogP contribution in [0.5, 0.6) is 0 Å². The number of hydrogen-bond donors (Lipinski definition) is 1. The van der Waals surface area contributed by atoms with Gasteiger partial charge in [-0.1, -0.05) is 13.8 Å². The zero-order chi connectivity index (χ0) is 12.8. The second-order valence-corrected chi connectivity index (χ2v) is 5.19. The molecule has 17 heavy (non-hydrogen) atoms. The molecule has 2 unspecified atom stereocenters. The average Bonchev–Trinajstić information content (AvgIpc) is 2.49. The maximum Gasteiger partial charge on any atom is 0.225 e. The van der Waals surface area contributed by atoms with E-state index >= 15 is 0 Å². The highest BCUT2D eigenvalue weighted by molar-refractivity contribution is 5.78. The molecule has 1 heterocycles. The predicted molar refractivity (Wildman–Crippen MR) is 70.7 cm³/mol. The van der Waals surface area contributed by atoms with Crippen LogP contribution in [0, 0.1) is 5.92 Å².